The first-order valence-electron chi connectivity index (χ1n) is 11.7. The molecule has 1 saturated heterocycles. The Morgan fingerprint density at radius 2 is 1.97 bits per heavy atom. The van der Waals surface area contributed by atoms with Crippen molar-refractivity contribution in [1.82, 2.24) is 14.9 Å². The lowest BCUT2D eigenvalue weighted by molar-refractivity contribution is -0.173. The van der Waals surface area contributed by atoms with Gasteiger partial charge < -0.3 is 24.3 Å². The first kappa shape index (κ1) is 30.8. The van der Waals surface area contributed by atoms with Gasteiger partial charge in [-0.3, -0.25) is 19.1 Å². The van der Waals surface area contributed by atoms with E-state index in [0.717, 1.165) is 0 Å². The third-order valence-electron chi connectivity index (χ3n) is 6.34. The molecule has 2 heterocycles. The normalized spacial score (nSPS) is 20.4. The fourth-order valence-corrected chi connectivity index (χ4v) is 4.09. The monoisotopic (exact) mass is 549 g/mol. The summed E-state index contributed by atoms with van der Waals surface area (Å²) >= 11 is 0. The lowest BCUT2D eigenvalue weighted by Gasteiger charge is -2.37. The summed E-state index contributed by atoms with van der Waals surface area (Å²) in [6.07, 6.45) is -5.79. The zero-order valence-electron chi connectivity index (χ0n) is 21.5. The number of rotatable bonds is 9. The number of aromatic nitrogens is 2. The number of aliphatic hydroxyl groups excluding tert-OH is 1. The molecule has 0 unspecified atom stereocenters. The Bertz CT molecular complexity index is 1120. The summed E-state index contributed by atoms with van der Waals surface area (Å²) in [4.78, 5) is 37.5. The molecule has 0 bridgehead atoms. The van der Waals surface area contributed by atoms with E-state index in [1.54, 1.807) is 5.32 Å². The molecule has 1 aromatic heterocycles. The number of aliphatic hydroxyl groups is 1. The topological polar surface area (TPSA) is 132 Å². The number of H-pyrrole nitrogens is 1. The molecule has 0 saturated carbocycles. The number of nitrogens with zero attached hydrogens (tertiary/aromatic N) is 1. The number of hydrogen-bond donors (Lipinski definition) is 3. The van der Waals surface area contributed by atoms with Crippen molar-refractivity contribution < 1.29 is 37.0 Å². The average Bonchev–Trinajstić information content (AvgIpc) is 3.14. The van der Waals surface area contributed by atoms with Crippen LogP contribution in [-0.2, 0) is 25.1 Å². The van der Waals surface area contributed by atoms with Gasteiger partial charge in [0, 0.05) is 31.1 Å². The highest BCUT2D eigenvalue weighted by Gasteiger charge is 2.41. The van der Waals surface area contributed by atoms with Gasteiger partial charge in [0.2, 0.25) is 0 Å². The van der Waals surface area contributed by atoms with Crippen molar-refractivity contribution in [3.05, 3.63) is 32.6 Å². The van der Waals surface area contributed by atoms with Gasteiger partial charge in [-0.1, -0.05) is 32.6 Å². The quantitative estimate of drug-likeness (QED) is 0.241. The summed E-state index contributed by atoms with van der Waals surface area (Å²) in [5, 5.41) is 12.1. The minimum Gasteiger partial charge on any atom is -0.414 e. The maximum Gasteiger partial charge on any atom is 0.471 e. The third-order valence-corrected chi connectivity index (χ3v) is 10.8. The SMILES string of the molecule is CC(C)(C)[Si](C)(C)OC[C@H]1O[C@@H](n2cc(CC#CCOCCNC(=O)C(F)(F)F)c(=O)[nH]c2=O)C[C@@H]1O. The van der Waals surface area contributed by atoms with Crippen molar-refractivity contribution in [3.8, 4) is 11.8 Å². The maximum absolute atomic E-state index is 12.4. The zero-order chi connectivity index (χ0) is 28.0. The van der Waals surface area contributed by atoms with E-state index in [2.05, 4.69) is 50.7 Å². The van der Waals surface area contributed by atoms with Gasteiger partial charge in [-0.2, -0.15) is 13.2 Å². The molecule has 0 radical (unpaired) electrons. The highest BCUT2D eigenvalue weighted by Crippen LogP contribution is 2.37. The number of halogens is 3. The molecule has 0 aliphatic carbocycles. The van der Waals surface area contributed by atoms with Crippen LogP contribution in [0.4, 0.5) is 13.2 Å². The molecule has 2 rings (SSSR count). The third kappa shape index (κ3) is 8.82. The van der Waals surface area contributed by atoms with Gasteiger partial charge in [0.1, 0.15) is 18.9 Å². The molecule has 3 atom stereocenters. The van der Waals surface area contributed by atoms with Gasteiger partial charge in [-0.05, 0) is 18.1 Å². The van der Waals surface area contributed by atoms with E-state index < -0.39 is 50.1 Å². The predicted molar refractivity (Wildman–Crippen MR) is 130 cm³/mol. The number of carbonyl (C=O) groups excluding carboxylic acids is 1. The Labute approximate surface area is 213 Å². The van der Waals surface area contributed by atoms with Crippen molar-refractivity contribution in [2.75, 3.05) is 26.4 Å². The number of nitrogens with one attached hydrogen (secondary N) is 2. The highest BCUT2D eigenvalue weighted by molar-refractivity contribution is 6.74. The van der Waals surface area contributed by atoms with Gasteiger partial charge in [0.15, 0.2) is 8.32 Å². The Morgan fingerprint density at radius 1 is 1.30 bits per heavy atom. The Morgan fingerprint density at radius 3 is 2.59 bits per heavy atom. The van der Waals surface area contributed by atoms with Crippen LogP contribution in [0.25, 0.3) is 0 Å². The number of aromatic amines is 1. The lowest BCUT2D eigenvalue weighted by atomic mass is 10.2. The van der Waals surface area contributed by atoms with Crippen LogP contribution in [-0.4, -0.2) is 73.6 Å². The molecule has 37 heavy (non-hydrogen) atoms. The van der Waals surface area contributed by atoms with Crippen LogP contribution in [0.1, 0.15) is 39.0 Å². The van der Waals surface area contributed by atoms with Crippen molar-refractivity contribution in [2.24, 2.45) is 0 Å². The molecule has 10 nitrogen and oxygen atoms in total. The zero-order valence-corrected chi connectivity index (χ0v) is 22.5. The number of ether oxygens (including phenoxy) is 2. The van der Waals surface area contributed by atoms with Crippen molar-refractivity contribution in [2.45, 2.75) is 76.4 Å². The van der Waals surface area contributed by atoms with E-state index in [9.17, 15) is 32.7 Å². The van der Waals surface area contributed by atoms with Crippen LogP contribution in [0.5, 0.6) is 0 Å². The molecular formula is C23H34F3N3O7Si. The fourth-order valence-electron chi connectivity index (χ4n) is 3.08. The minimum absolute atomic E-state index is 0.0180. The molecule has 1 aliphatic heterocycles. The van der Waals surface area contributed by atoms with E-state index in [4.69, 9.17) is 13.9 Å². The van der Waals surface area contributed by atoms with E-state index in [-0.39, 0.29) is 49.8 Å². The van der Waals surface area contributed by atoms with Gasteiger partial charge in [0.25, 0.3) is 5.56 Å². The number of amides is 1. The van der Waals surface area contributed by atoms with Gasteiger partial charge in [-0.25, -0.2) is 4.79 Å². The maximum atomic E-state index is 12.4. The second-order valence-corrected chi connectivity index (χ2v) is 15.0. The van der Waals surface area contributed by atoms with Crippen LogP contribution in [0.15, 0.2) is 15.8 Å². The molecule has 0 spiro atoms. The van der Waals surface area contributed by atoms with Crippen LogP contribution in [0.3, 0.4) is 0 Å². The molecule has 0 aromatic carbocycles. The Balaban J connectivity index is 1.92. The predicted octanol–water partition coefficient (Wildman–Crippen LogP) is 1.45. The minimum atomic E-state index is -4.95. The summed E-state index contributed by atoms with van der Waals surface area (Å²) < 4.78 is 54.5. The number of alkyl halides is 3. The average molecular weight is 550 g/mol. The summed E-state index contributed by atoms with van der Waals surface area (Å²) in [5.74, 6) is 3.25. The number of hydrogen-bond acceptors (Lipinski definition) is 7. The first-order valence-corrected chi connectivity index (χ1v) is 14.6. The highest BCUT2D eigenvalue weighted by atomic mass is 28.4. The Hall–Kier alpha value is -2.44. The van der Waals surface area contributed by atoms with Crippen LogP contribution in [0, 0.1) is 11.8 Å². The summed E-state index contributed by atoms with van der Waals surface area (Å²) in [6.45, 7) is 10.0. The van der Waals surface area contributed by atoms with E-state index in [0.29, 0.717) is 0 Å². The van der Waals surface area contributed by atoms with Crippen molar-refractivity contribution >= 4 is 14.2 Å². The molecule has 1 aromatic rings. The van der Waals surface area contributed by atoms with E-state index >= 15 is 0 Å². The number of carbonyl (C=O) groups is 1. The van der Waals surface area contributed by atoms with Crippen molar-refractivity contribution in [3.63, 3.8) is 0 Å². The van der Waals surface area contributed by atoms with E-state index in [1.165, 1.54) is 10.8 Å². The summed E-state index contributed by atoms with van der Waals surface area (Å²) in [6, 6.07) is 0. The summed E-state index contributed by atoms with van der Waals surface area (Å²) in [7, 11) is -2.07. The molecular weight excluding hydrogens is 515 g/mol. The van der Waals surface area contributed by atoms with Crippen LogP contribution >= 0.6 is 0 Å². The van der Waals surface area contributed by atoms with Crippen LogP contribution < -0.4 is 16.6 Å². The molecule has 1 aliphatic rings. The van der Waals surface area contributed by atoms with Crippen molar-refractivity contribution in [1.29, 1.82) is 0 Å². The summed E-state index contributed by atoms with van der Waals surface area (Å²) in [5.41, 5.74) is -1.12. The van der Waals surface area contributed by atoms with Crippen LogP contribution in [0.2, 0.25) is 18.1 Å². The fraction of sp³-hybridized carbons (Fsp3) is 0.696. The Kier molecular flexibility index (Phi) is 10.3. The van der Waals surface area contributed by atoms with Gasteiger partial charge in [-0.15, -0.1) is 0 Å². The largest absolute Gasteiger partial charge is 0.471 e. The lowest BCUT2D eigenvalue weighted by Crippen LogP contribution is -2.44. The first-order chi connectivity index (χ1) is 17.0. The van der Waals surface area contributed by atoms with Gasteiger partial charge >= 0.3 is 17.8 Å². The molecule has 208 valence electrons. The van der Waals surface area contributed by atoms with Gasteiger partial charge in [0.05, 0.1) is 19.3 Å². The smallest absolute Gasteiger partial charge is 0.414 e. The standard InChI is InChI=1S/C23H34F3N3O7Si/c1-22(2,3)37(4,5)35-14-17-16(30)12-18(36-17)29-13-15(19(31)28-21(29)33)8-6-7-10-34-11-9-27-20(32)23(24,25)26/h13,16-18,30H,8-12,14H2,1-5H3,(H,27,32)(H,28,31,33)/t16-,17+,18+/m0/s1. The second kappa shape index (κ2) is 12.4. The second-order valence-electron chi connectivity index (χ2n) is 10.2. The van der Waals surface area contributed by atoms with E-state index in [1.807, 2.05) is 0 Å². The molecule has 1 amide bonds. The molecule has 14 heteroatoms. The molecule has 1 fully saturated rings. The molecule has 3 N–H and O–H groups in total.